The lowest BCUT2D eigenvalue weighted by Gasteiger charge is -2.05. The van der Waals surface area contributed by atoms with Crippen molar-refractivity contribution in [1.29, 1.82) is 0 Å². The highest BCUT2D eigenvalue weighted by atomic mass is 15.1. The van der Waals surface area contributed by atoms with Gasteiger partial charge < -0.3 is 9.88 Å². The molecule has 2 aromatic rings. The molecule has 1 saturated carbocycles. The zero-order chi connectivity index (χ0) is 13.2. The van der Waals surface area contributed by atoms with Crippen LogP contribution in [0.5, 0.6) is 0 Å². The van der Waals surface area contributed by atoms with E-state index in [2.05, 4.69) is 53.1 Å². The highest BCUT2D eigenvalue weighted by molar-refractivity contribution is 5.28. The van der Waals surface area contributed by atoms with Crippen LogP contribution in [0.3, 0.4) is 0 Å². The molecular formula is C16H21N3. The van der Waals surface area contributed by atoms with Crippen molar-refractivity contribution in [2.45, 2.75) is 45.8 Å². The van der Waals surface area contributed by atoms with Gasteiger partial charge in [-0.1, -0.05) is 29.3 Å². The minimum atomic E-state index is 0.740. The minimum absolute atomic E-state index is 0.740. The number of aromatic nitrogens is 2. The summed E-state index contributed by atoms with van der Waals surface area (Å²) in [6.45, 7) is 6.09. The third kappa shape index (κ3) is 3.44. The molecule has 100 valence electrons. The fourth-order valence-corrected chi connectivity index (χ4v) is 2.49. The number of aryl methyl sites for hydroxylation is 2. The third-order valence-electron chi connectivity index (χ3n) is 3.48. The fraction of sp³-hybridized carbons (Fsp3) is 0.438. The van der Waals surface area contributed by atoms with Gasteiger partial charge in [-0.3, -0.25) is 0 Å². The third-order valence-corrected chi connectivity index (χ3v) is 3.48. The van der Waals surface area contributed by atoms with Crippen molar-refractivity contribution >= 4 is 0 Å². The van der Waals surface area contributed by atoms with Gasteiger partial charge in [0.25, 0.3) is 0 Å². The van der Waals surface area contributed by atoms with E-state index < -0.39 is 0 Å². The molecule has 1 aromatic carbocycles. The Labute approximate surface area is 114 Å². The first-order valence-corrected chi connectivity index (χ1v) is 7.00. The molecule has 3 nitrogen and oxygen atoms in total. The van der Waals surface area contributed by atoms with E-state index in [1.165, 1.54) is 29.5 Å². The molecule has 1 aliphatic rings. The van der Waals surface area contributed by atoms with Crippen molar-refractivity contribution in [3.8, 4) is 0 Å². The maximum Gasteiger partial charge on any atom is 0.0953 e. The van der Waals surface area contributed by atoms with Crippen LogP contribution in [0.15, 0.2) is 30.7 Å². The smallest absolute Gasteiger partial charge is 0.0953 e. The Kier molecular flexibility index (Phi) is 3.38. The molecule has 19 heavy (non-hydrogen) atoms. The number of nitrogens with one attached hydrogen (secondary N) is 1. The van der Waals surface area contributed by atoms with Crippen molar-refractivity contribution < 1.29 is 0 Å². The largest absolute Gasteiger partial charge is 0.333 e. The number of benzene rings is 1. The van der Waals surface area contributed by atoms with Crippen molar-refractivity contribution in [3.63, 3.8) is 0 Å². The first-order chi connectivity index (χ1) is 9.19. The second-order valence-electron chi connectivity index (χ2n) is 5.69. The zero-order valence-electron chi connectivity index (χ0n) is 11.7. The first kappa shape index (κ1) is 12.4. The Balaban J connectivity index is 1.65. The van der Waals surface area contributed by atoms with Crippen LogP contribution in [-0.4, -0.2) is 15.6 Å². The van der Waals surface area contributed by atoms with Crippen molar-refractivity contribution in [1.82, 2.24) is 14.9 Å². The minimum Gasteiger partial charge on any atom is -0.333 e. The number of rotatable bonds is 5. The van der Waals surface area contributed by atoms with Crippen molar-refractivity contribution in [3.05, 3.63) is 53.1 Å². The van der Waals surface area contributed by atoms with Crippen LogP contribution in [0.1, 0.15) is 35.2 Å². The van der Waals surface area contributed by atoms with Gasteiger partial charge in [-0.25, -0.2) is 4.98 Å². The molecule has 0 atom stereocenters. The summed E-state index contributed by atoms with van der Waals surface area (Å²) in [5.74, 6) is 0. The van der Waals surface area contributed by atoms with Gasteiger partial charge >= 0.3 is 0 Å². The number of hydrogen-bond acceptors (Lipinski definition) is 2. The van der Waals surface area contributed by atoms with Crippen LogP contribution < -0.4 is 5.32 Å². The molecule has 1 aliphatic carbocycles. The highest BCUT2D eigenvalue weighted by Crippen LogP contribution is 2.19. The molecule has 1 heterocycles. The average molecular weight is 255 g/mol. The summed E-state index contributed by atoms with van der Waals surface area (Å²) in [4.78, 5) is 4.46. The molecule has 0 saturated heterocycles. The normalized spacial score (nSPS) is 14.8. The quantitative estimate of drug-likeness (QED) is 0.890. The van der Waals surface area contributed by atoms with Gasteiger partial charge in [0.05, 0.1) is 12.0 Å². The van der Waals surface area contributed by atoms with Gasteiger partial charge in [0.15, 0.2) is 0 Å². The number of hydrogen-bond donors (Lipinski definition) is 1. The molecule has 1 aromatic heterocycles. The molecule has 0 amide bonds. The topological polar surface area (TPSA) is 29.9 Å². The van der Waals surface area contributed by atoms with Gasteiger partial charge in [0, 0.05) is 25.3 Å². The summed E-state index contributed by atoms with van der Waals surface area (Å²) in [7, 11) is 0. The summed E-state index contributed by atoms with van der Waals surface area (Å²) in [6, 6.07) is 7.44. The fourth-order valence-electron chi connectivity index (χ4n) is 2.49. The van der Waals surface area contributed by atoms with Crippen LogP contribution in [0.4, 0.5) is 0 Å². The van der Waals surface area contributed by atoms with Crippen LogP contribution >= 0.6 is 0 Å². The molecule has 1 N–H and O–H groups in total. The van der Waals surface area contributed by atoms with Gasteiger partial charge in [-0.2, -0.15) is 0 Å². The summed E-state index contributed by atoms with van der Waals surface area (Å²) in [5.41, 5.74) is 5.13. The lowest BCUT2D eigenvalue weighted by Crippen LogP contribution is -2.15. The lowest BCUT2D eigenvalue weighted by molar-refractivity contribution is 0.676. The van der Waals surface area contributed by atoms with E-state index in [1.807, 2.05) is 6.33 Å². The Hall–Kier alpha value is -1.61. The van der Waals surface area contributed by atoms with E-state index in [0.717, 1.165) is 24.8 Å². The average Bonchev–Trinajstić information content (AvgIpc) is 3.06. The molecule has 3 heteroatoms. The Morgan fingerprint density at radius 1 is 1.21 bits per heavy atom. The zero-order valence-corrected chi connectivity index (χ0v) is 11.7. The van der Waals surface area contributed by atoms with E-state index >= 15 is 0 Å². The molecule has 0 bridgehead atoms. The standard InChI is InChI=1S/C16H21N3/c1-12-5-13(2)7-14(6-12)9-19-10-16(18-11-19)8-17-15-3-4-15/h5-7,10-11,15,17H,3-4,8-9H2,1-2H3. The summed E-state index contributed by atoms with van der Waals surface area (Å²) < 4.78 is 2.16. The molecular weight excluding hydrogens is 234 g/mol. The predicted molar refractivity (Wildman–Crippen MR) is 77.1 cm³/mol. The van der Waals surface area contributed by atoms with E-state index in [-0.39, 0.29) is 0 Å². The maximum absolute atomic E-state index is 4.46. The second-order valence-corrected chi connectivity index (χ2v) is 5.69. The van der Waals surface area contributed by atoms with Gasteiger partial charge in [-0.05, 0) is 32.3 Å². The van der Waals surface area contributed by atoms with Crippen LogP contribution in [0.25, 0.3) is 0 Å². The Morgan fingerprint density at radius 2 is 1.95 bits per heavy atom. The van der Waals surface area contributed by atoms with E-state index in [1.54, 1.807) is 0 Å². The summed E-state index contributed by atoms with van der Waals surface area (Å²) >= 11 is 0. The Bertz CT molecular complexity index is 547. The summed E-state index contributed by atoms with van der Waals surface area (Å²) in [6.07, 6.45) is 6.72. The first-order valence-electron chi connectivity index (χ1n) is 7.00. The molecule has 1 fully saturated rings. The molecule has 0 unspecified atom stereocenters. The maximum atomic E-state index is 4.46. The van der Waals surface area contributed by atoms with E-state index in [0.29, 0.717) is 0 Å². The monoisotopic (exact) mass is 255 g/mol. The van der Waals surface area contributed by atoms with Gasteiger partial charge in [0.2, 0.25) is 0 Å². The van der Waals surface area contributed by atoms with Crippen LogP contribution in [0.2, 0.25) is 0 Å². The Morgan fingerprint density at radius 3 is 2.63 bits per heavy atom. The predicted octanol–water partition coefficient (Wildman–Crippen LogP) is 2.80. The molecule has 0 spiro atoms. The van der Waals surface area contributed by atoms with Gasteiger partial charge in [0.1, 0.15) is 0 Å². The summed E-state index contributed by atoms with van der Waals surface area (Å²) in [5, 5.41) is 3.49. The van der Waals surface area contributed by atoms with Crippen molar-refractivity contribution in [2.75, 3.05) is 0 Å². The van der Waals surface area contributed by atoms with Crippen molar-refractivity contribution in [2.24, 2.45) is 0 Å². The SMILES string of the molecule is Cc1cc(C)cc(Cn2cnc(CNC3CC3)c2)c1. The van der Waals surface area contributed by atoms with Crippen LogP contribution in [-0.2, 0) is 13.1 Å². The molecule has 0 radical (unpaired) electrons. The van der Waals surface area contributed by atoms with E-state index in [9.17, 15) is 0 Å². The number of imidazole rings is 1. The molecule has 0 aliphatic heterocycles. The molecule has 3 rings (SSSR count). The number of nitrogens with zero attached hydrogens (tertiary/aromatic N) is 2. The highest BCUT2D eigenvalue weighted by Gasteiger charge is 2.20. The lowest BCUT2D eigenvalue weighted by atomic mass is 10.1. The second kappa shape index (κ2) is 5.17. The van der Waals surface area contributed by atoms with Gasteiger partial charge in [-0.15, -0.1) is 0 Å². The van der Waals surface area contributed by atoms with E-state index in [4.69, 9.17) is 0 Å². The van der Waals surface area contributed by atoms with Crippen LogP contribution in [0, 0.1) is 13.8 Å².